The van der Waals surface area contributed by atoms with Gasteiger partial charge in [-0.2, -0.15) is 5.26 Å². The van der Waals surface area contributed by atoms with Crippen LogP contribution < -0.4 is 15.5 Å². The molecule has 0 spiro atoms. The largest absolute Gasteiger partial charge is 0.354 e. The van der Waals surface area contributed by atoms with E-state index in [1.165, 1.54) is 19.3 Å². The molecule has 1 aliphatic heterocycles. The first-order valence-corrected chi connectivity index (χ1v) is 10.6. The third kappa shape index (κ3) is 6.08. The lowest BCUT2D eigenvalue weighted by atomic mass is 9.95. The van der Waals surface area contributed by atoms with E-state index in [1.54, 1.807) is 23.2 Å². The first-order valence-electron chi connectivity index (χ1n) is 10.6. The molecule has 8 nitrogen and oxygen atoms in total. The Hall–Kier alpha value is -2.82. The van der Waals surface area contributed by atoms with Crippen LogP contribution in [0.4, 0.5) is 10.6 Å². The van der Waals surface area contributed by atoms with E-state index >= 15 is 0 Å². The number of nitrogens with zero attached hydrogens (tertiary/aromatic N) is 4. The smallest absolute Gasteiger partial charge is 0.317 e. The fourth-order valence-corrected chi connectivity index (χ4v) is 4.01. The van der Waals surface area contributed by atoms with Crippen LogP contribution >= 0.6 is 0 Å². The monoisotopic (exact) mass is 398 g/mol. The van der Waals surface area contributed by atoms with Crippen LogP contribution in [0.5, 0.6) is 0 Å². The van der Waals surface area contributed by atoms with Crippen LogP contribution in [0.25, 0.3) is 0 Å². The highest BCUT2D eigenvalue weighted by Crippen LogP contribution is 2.18. The number of hydrogen-bond donors (Lipinski definition) is 2. The maximum atomic E-state index is 12.5. The number of aromatic nitrogens is 1. The van der Waals surface area contributed by atoms with E-state index in [0.29, 0.717) is 50.0 Å². The fraction of sp³-hybridized carbons (Fsp3) is 0.619. The summed E-state index contributed by atoms with van der Waals surface area (Å²) in [5, 5.41) is 15.2. The van der Waals surface area contributed by atoms with Gasteiger partial charge in [-0.1, -0.05) is 19.3 Å². The summed E-state index contributed by atoms with van der Waals surface area (Å²) in [7, 11) is 0. The Kier molecular flexibility index (Phi) is 7.68. The van der Waals surface area contributed by atoms with E-state index in [1.807, 2.05) is 0 Å². The van der Waals surface area contributed by atoms with Crippen LogP contribution in [0.2, 0.25) is 0 Å². The minimum absolute atomic E-state index is 0.0124. The molecule has 3 amide bonds. The normalized spacial score (nSPS) is 17.9. The molecule has 1 saturated heterocycles. The molecule has 0 aromatic carbocycles. The SMILES string of the molecule is N#Cc1cccnc1N1CCCN(C(=O)NCCC(=O)NC2CCCCC2)CC1. The molecule has 2 heterocycles. The molecule has 29 heavy (non-hydrogen) atoms. The second-order valence-electron chi connectivity index (χ2n) is 7.70. The van der Waals surface area contributed by atoms with Gasteiger partial charge in [0.25, 0.3) is 0 Å². The molecule has 2 fully saturated rings. The molecule has 2 aliphatic rings. The van der Waals surface area contributed by atoms with Crippen molar-refractivity contribution in [2.24, 2.45) is 0 Å². The quantitative estimate of drug-likeness (QED) is 0.790. The average molecular weight is 399 g/mol. The van der Waals surface area contributed by atoms with Crippen molar-refractivity contribution < 1.29 is 9.59 Å². The van der Waals surface area contributed by atoms with Crippen molar-refractivity contribution in [3.8, 4) is 6.07 Å². The number of urea groups is 1. The second kappa shape index (κ2) is 10.6. The number of carbonyl (C=O) groups excluding carboxylic acids is 2. The van der Waals surface area contributed by atoms with Crippen molar-refractivity contribution in [3.63, 3.8) is 0 Å². The van der Waals surface area contributed by atoms with E-state index in [9.17, 15) is 14.9 Å². The van der Waals surface area contributed by atoms with Gasteiger partial charge in [0, 0.05) is 51.4 Å². The summed E-state index contributed by atoms with van der Waals surface area (Å²) in [6.45, 7) is 2.92. The number of anilines is 1. The number of carbonyl (C=O) groups is 2. The molecule has 2 N–H and O–H groups in total. The second-order valence-corrected chi connectivity index (χ2v) is 7.70. The number of pyridine rings is 1. The molecule has 0 unspecified atom stereocenters. The van der Waals surface area contributed by atoms with Gasteiger partial charge in [-0.05, 0) is 31.4 Å². The van der Waals surface area contributed by atoms with E-state index in [2.05, 4.69) is 26.6 Å². The first-order chi connectivity index (χ1) is 14.2. The van der Waals surface area contributed by atoms with Gasteiger partial charge in [0.1, 0.15) is 11.9 Å². The van der Waals surface area contributed by atoms with Crippen molar-refractivity contribution in [3.05, 3.63) is 23.9 Å². The van der Waals surface area contributed by atoms with Crippen LogP contribution in [0.15, 0.2) is 18.3 Å². The predicted molar refractivity (Wildman–Crippen MR) is 110 cm³/mol. The molecular weight excluding hydrogens is 368 g/mol. The third-order valence-electron chi connectivity index (χ3n) is 5.59. The zero-order valence-corrected chi connectivity index (χ0v) is 16.9. The lowest BCUT2D eigenvalue weighted by molar-refractivity contribution is -0.121. The first kappa shape index (κ1) is 20.9. The Balaban J connectivity index is 1.41. The number of nitriles is 1. The van der Waals surface area contributed by atoms with Crippen LogP contribution in [0.3, 0.4) is 0 Å². The third-order valence-corrected chi connectivity index (χ3v) is 5.59. The van der Waals surface area contributed by atoms with E-state index < -0.39 is 0 Å². The zero-order chi connectivity index (χ0) is 20.5. The van der Waals surface area contributed by atoms with Crippen molar-refractivity contribution >= 4 is 17.8 Å². The Bertz CT molecular complexity index is 741. The standard InChI is InChI=1S/C21H30N6O2/c22-16-17-6-4-10-23-20(17)26-12-5-13-27(15-14-26)21(29)24-11-9-19(28)25-18-7-2-1-3-8-18/h4,6,10,18H,1-3,5,7-9,11-15H2,(H,24,29)(H,25,28). The Morgan fingerprint density at radius 3 is 2.76 bits per heavy atom. The number of nitrogens with one attached hydrogen (secondary N) is 2. The summed E-state index contributed by atoms with van der Waals surface area (Å²) in [5.41, 5.74) is 0.550. The van der Waals surface area contributed by atoms with Gasteiger partial charge in [0.15, 0.2) is 0 Å². The van der Waals surface area contributed by atoms with Crippen LogP contribution in [-0.4, -0.2) is 60.6 Å². The fourth-order valence-electron chi connectivity index (χ4n) is 4.01. The molecule has 1 aromatic heterocycles. The molecule has 1 aromatic rings. The molecule has 0 radical (unpaired) electrons. The maximum absolute atomic E-state index is 12.5. The molecule has 1 aliphatic carbocycles. The number of rotatable bonds is 5. The van der Waals surface area contributed by atoms with Crippen molar-refractivity contribution in [2.75, 3.05) is 37.6 Å². The molecule has 156 valence electrons. The summed E-state index contributed by atoms with van der Waals surface area (Å²) in [5.74, 6) is 0.690. The summed E-state index contributed by atoms with van der Waals surface area (Å²) >= 11 is 0. The lowest BCUT2D eigenvalue weighted by Gasteiger charge is -2.24. The highest BCUT2D eigenvalue weighted by molar-refractivity contribution is 5.78. The Morgan fingerprint density at radius 2 is 1.97 bits per heavy atom. The minimum atomic E-state index is -0.140. The van der Waals surface area contributed by atoms with Crippen molar-refractivity contribution in [2.45, 2.75) is 51.0 Å². The van der Waals surface area contributed by atoms with Gasteiger partial charge in [-0.25, -0.2) is 9.78 Å². The highest BCUT2D eigenvalue weighted by atomic mass is 16.2. The van der Waals surface area contributed by atoms with Gasteiger partial charge in [0.05, 0.1) is 5.56 Å². The lowest BCUT2D eigenvalue weighted by Crippen LogP contribution is -2.44. The van der Waals surface area contributed by atoms with Crippen LogP contribution in [0, 0.1) is 11.3 Å². The van der Waals surface area contributed by atoms with Crippen LogP contribution in [0.1, 0.15) is 50.5 Å². The van der Waals surface area contributed by atoms with Crippen molar-refractivity contribution in [1.82, 2.24) is 20.5 Å². The summed E-state index contributed by atoms with van der Waals surface area (Å²) in [6.07, 6.45) is 8.54. The molecule has 0 atom stereocenters. The summed E-state index contributed by atoms with van der Waals surface area (Å²) < 4.78 is 0. The maximum Gasteiger partial charge on any atom is 0.317 e. The van der Waals surface area contributed by atoms with E-state index in [0.717, 1.165) is 25.8 Å². The Morgan fingerprint density at radius 1 is 1.14 bits per heavy atom. The van der Waals surface area contributed by atoms with E-state index in [4.69, 9.17) is 0 Å². The van der Waals surface area contributed by atoms with Gasteiger partial charge >= 0.3 is 6.03 Å². The average Bonchev–Trinajstić information content (AvgIpc) is 3.00. The van der Waals surface area contributed by atoms with Gasteiger partial charge < -0.3 is 20.4 Å². The molecular formula is C21H30N6O2. The van der Waals surface area contributed by atoms with Crippen LogP contribution in [-0.2, 0) is 4.79 Å². The van der Waals surface area contributed by atoms with Gasteiger partial charge in [-0.15, -0.1) is 0 Å². The Labute approximate surface area is 172 Å². The summed E-state index contributed by atoms with van der Waals surface area (Å²) in [4.78, 5) is 32.7. The molecule has 8 heteroatoms. The molecule has 3 rings (SSSR count). The molecule has 0 bridgehead atoms. The zero-order valence-electron chi connectivity index (χ0n) is 16.9. The van der Waals surface area contributed by atoms with Crippen molar-refractivity contribution in [1.29, 1.82) is 5.26 Å². The number of hydrogen-bond acceptors (Lipinski definition) is 5. The highest BCUT2D eigenvalue weighted by Gasteiger charge is 2.21. The number of amides is 3. The van der Waals surface area contributed by atoms with E-state index in [-0.39, 0.29) is 11.9 Å². The topological polar surface area (TPSA) is 101 Å². The van der Waals surface area contributed by atoms with Gasteiger partial charge in [-0.3, -0.25) is 4.79 Å². The molecule has 1 saturated carbocycles. The summed E-state index contributed by atoms with van der Waals surface area (Å²) in [6, 6.07) is 5.85. The minimum Gasteiger partial charge on any atom is -0.354 e. The van der Waals surface area contributed by atoms with Gasteiger partial charge in [0.2, 0.25) is 5.91 Å². The predicted octanol–water partition coefficient (Wildman–Crippen LogP) is 2.01.